The van der Waals surface area contributed by atoms with Crippen LogP contribution in [-0.2, 0) is 14.3 Å². The van der Waals surface area contributed by atoms with Crippen molar-refractivity contribution < 1.29 is 19.4 Å². The number of benzene rings is 1. The Labute approximate surface area is 142 Å². The van der Waals surface area contributed by atoms with E-state index in [1.165, 1.54) is 0 Å². The summed E-state index contributed by atoms with van der Waals surface area (Å²) in [5, 5.41) is 11.5. The summed E-state index contributed by atoms with van der Waals surface area (Å²) in [6.45, 7) is 2.33. The molecule has 0 saturated carbocycles. The van der Waals surface area contributed by atoms with E-state index in [9.17, 15) is 14.7 Å². The van der Waals surface area contributed by atoms with Crippen molar-refractivity contribution in [2.24, 2.45) is 11.8 Å². The number of likely N-dealkylation sites (tertiary alicyclic amines) is 1. The molecule has 1 spiro atoms. The number of carboxylic acids is 1. The third-order valence-corrected chi connectivity index (χ3v) is 5.75. The first-order valence-corrected chi connectivity index (χ1v) is 8.36. The highest BCUT2D eigenvalue weighted by Gasteiger charge is 2.65. The third-order valence-electron chi connectivity index (χ3n) is 5.22. The Bertz CT molecular complexity index is 716. The van der Waals surface area contributed by atoms with Crippen molar-refractivity contribution in [2.75, 3.05) is 6.54 Å². The molecule has 0 aromatic heterocycles. The number of halogens is 1. The van der Waals surface area contributed by atoms with Crippen molar-refractivity contribution in [1.82, 2.24) is 4.90 Å². The zero-order valence-electron chi connectivity index (χ0n) is 12.4. The summed E-state index contributed by atoms with van der Waals surface area (Å²) in [5.74, 6) is -2.95. The fraction of sp³-hybridized carbons (Fsp3) is 0.412. The van der Waals surface area contributed by atoms with Crippen molar-refractivity contribution in [3.8, 4) is 0 Å². The van der Waals surface area contributed by atoms with Crippen LogP contribution < -0.4 is 5.11 Å². The zero-order valence-corrected chi connectivity index (χ0v) is 14.0. The summed E-state index contributed by atoms with van der Waals surface area (Å²) in [7, 11) is 0. The Morgan fingerprint density at radius 1 is 1.43 bits per heavy atom. The fourth-order valence-electron chi connectivity index (χ4n) is 4.05. The maximum absolute atomic E-state index is 12.9. The number of amides is 1. The highest BCUT2D eigenvalue weighted by atomic mass is 79.9. The van der Waals surface area contributed by atoms with Gasteiger partial charge in [0, 0.05) is 16.4 Å². The molecule has 5 nitrogen and oxygen atoms in total. The lowest BCUT2D eigenvalue weighted by molar-refractivity contribution is -0.313. The molecule has 23 heavy (non-hydrogen) atoms. The first kappa shape index (κ1) is 14.9. The summed E-state index contributed by atoms with van der Waals surface area (Å²) in [6, 6.07) is 7.62. The van der Waals surface area contributed by atoms with E-state index in [2.05, 4.69) is 15.9 Å². The van der Waals surface area contributed by atoms with Crippen LogP contribution in [0.15, 0.2) is 40.9 Å². The summed E-state index contributed by atoms with van der Waals surface area (Å²) < 4.78 is 6.83. The first-order valence-electron chi connectivity index (χ1n) is 7.57. The van der Waals surface area contributed by atoms with E-state index in [-0.39, 0.29) is 11.9 Å². The lowest BCUT2D eigenvalue weighted by Gasteiger charge is -2.28. The normalized spacial score (nSPS) is 35.7. The average molecular weight is 377 g/mol. The van der Waals surface area contributed by atoms with Gasteiger partial charge in [0.05, 0.1) is 24.6 Å². The van der Waals surface area contributed by atoms with Crippen LogP contribution in [0.25, 0.3) is 0 Å². The highest BCUT2D eigenvalue weighted by Crippen LogP contribution is 2.53. The van der Waals surface area contributed by atoms with Crippen LogP contribution >= 0.6 is 15.9 Å². The standard InChI is InChI=1S/C17H16BrNO4/c1-9(10-2-4-11(18)5-3-10)19-8-17-7-6-12(23-17)13(16(21)22)14(17)15(19)20/h2-7,9,12-14H,8H2,1H3,(H,21,22)/p-1/t9-,12-,13-,14+,17-/m1/s1. The van der Waals surface area contributed by atoms with Crippen molar-refractivity contribution in [1.29, 1.82) is 0 Å². The molecule has 120 valence electrons. The monoisotopic (exact) mass is 376 g/mol. The molecule has 1 amide bonds. The number of carbonyl (C=O) groups is 2. The van der Waals surface area contributed by atoms with Crippen LogP contribution in [0.4, 0.5) is 0 Å². The molecule has 5 atom stereocenters. The van der Waals surface area contributed by atoms with E-state index < -0.39 is 29.5 Å². The van der Waals surface area contributed by atoms with Gasteiger partial charge in [0.25, 0.3) is 0 Å². The Balaban J connectivity index is 1.66. The summed E-state index contributed by atoms with van der Waals surface area (Å²) in [4.78, 5) is 26.1. The van der Waals surface area contributed by atoms with Crippen molar-refractivity contribution in [2.45, 2.75) is 24.7 Å². The molecule has 2 saturated heterocycles. The van der Waals surface area contributed by atoms with Crippen molar-refractivity contribution in [3.63, 3.8) is 0 Å². The molecule has 3 heterocycles. The van der Waals surface area contributed by atoms with E-state index in [4.69, 9.17) is 4.74 Å². The second-order valence-electron chi connectivity index (χ2n) is 6.41. The maximum atomic E-state index is 12.9. The molecule has 0 unspecified atom stereocenters. The minimum Gasteiger partial charge on any atom is -0.550 e. The van der Waals surface area contributed by atoms with Gasteiger partial charge < -0.3 is 19.5 Å². The van der Waals surface area contributed by atoms with Gasteiger partial charge in [-0.15, -0.1) is 0 Å². The Kier molecular flexibility index (Phi) is 3.19. The van der Waals surface area contributed by atoms with Gasteiger partial charge in [0.1, 0.15) is 5.60 Å². The second kappa shape index (κ2) is 4.92. The predicted molar refractivity (Wildman–Crippen MR) is 83.0 cm³/mol. The molecule has 6 heteroatoms. The van der Waals surface area contributed by atoms with E-state index in [1.807, 2.05) is 37.3 Å². The average Bonchev–Trinajstić information content (AvgIpc) is 3.15. The van der Waals surface area contributed by atoms with E-state index in [1.54, 1.807) is 11.0 Å². The minimum atomic E-state index is -1.21. The second-order valence-corrected chi connectivity index (χ2v) is 7.33. The number of carbonyl (C=O) groups excluding carboxylic acids is 2. The predicted octanol–water partition coefficient (Wildman–Crippen LogP) is 1.04. The lowest BCUT2D eigenvalue weighted by atomic mass is 9.77. The number of aliphatic carboxylic acids is 1. The van der Waals surface area contributed by atoms with Gasteiger partial charge in [0.15, 0.2) is 0 Å². The Morgan fingerprint density at radius 2 is 2.13 bits per heavy atom. The fourth-order valence-corrected chi connectivity index (χ4v) is 4.31. The van der Waals surface area contributed by atoms with Gasteiger partial charge in [-0.3, -0.25) is 4.79 Å². The van der Waals surface area contributed by atoms with Crippen molar-refractivity contribution in [3.05, 3.63) is 46.5 Å². The van der Waals surface area contributed by atoms with E-state index in [0.29, 0.717) is 6.54 Å². The van der Waals surface area contributed by atoms with Crippen molar-refractivity contribution >= 4 is 27.8 Å². The Hall–Kier alpha value is -1.66. The molecule has 3 aliphatic heterocycles. The van der Waals surface area contributed by atoms with Crippen LogP contribution in [0, 0.1) is 11.8 Å². The molecule has 0 radical (unpaired) electrons. The highest BCUT2D eigenvalue weighted by molar-refractivity contribution is 9.10. The SMILES string of the molecule is C[C@H](c1ccc(Br)cc1)N1C[C@@]23C=C[C@@H](O2)[C@@H](C(=O)[O-])[C@H]3C1=O. The van der Waals surface area contributed by atoms with Crippen LogP contribution in [-0.4, -0.2) is 35.0 Å². The topological polar surface area (TPSA) is 69.7 Å². The number of ether oxygens (including phenoxy) is 1. The quantitative estimate of drug-likeness (QED) is 0.739. The number of fused-ring (bicyclic) bond motifs is 1. The molecule has 0 aliphatic carbocycles. The van der Waals surface area contributed by atoms with Gasteiger partial charge in [-0.05, 0) is 24.6 Å². The Morgan fingerprint density at radius 3 is 2.78 bits per heavy atom. The number of rotatable bonds is 3. The molecule has 2 bridgehead atoms. The van der Waals surface area contributed by atoms with Crippen LogP contribution in [0.3, 0.4) is 0 Å². The van der Waals surface area contributed by atoms with Gasteiger partial charge in [0.2, 0.25) is 5.91 Å². The van der Waals surface area contributed by atoms with E-state index >= 15 is 0 Å². The first-order chi connectivity index (χ1) is 10.9. The van der Waals surface area contributed by atoms with Crippen LogP contribution in [0.2, 0.25) is 0 Å². The van der Waals surface area contributed by atoms with Gasteiger partial charge in [-0.1, -0.05) is 40.2 Å². The van der Waals surface area contributed by atoms with E-state index in [0.717, 1.165) is 10.0 Å². The third kappa shape index (κ3) is 2.01. The van der Waals surface area contributed by atoms with Gasteiger partial charge in [-0.2, -0.15) is 0 Å². The minimum absolute atomic E-state index is 0.144. The molecule has 1 aromatic carbocycles. The molecular formula is C17H15BrNO4-. The van der Waals surface area contributed by atoms with Crippen LogP contribution in [0.5, 0.6) is 0 Å². The number of hydrogen-bond acceptors (Lipinski definition) is 4. The van der Waals surface area contributed by atoms with Gasteiger partial charge >= 0.3 is 0 Å². The summed E-state index contributed by atoms with van der Waals surface area (Å²) in [5.41, 5.74) is 0.192. The van der Waals surface area contributed by atoms with Gasteiger partial charge in [-0.25, -0.2) is 0 Å². The summed E-state index contributed by atoms with van der Waals surface area (Å²) in [6.07, 6.45) is 3.06. The number of nitrogens with zero attached hydrogens (tertiary/aromatic N) is 1. The zero-order chi connectivity index (χ0) is 16.4. The molecule has 3 aliphatic rings. The molecule has 1 aromatic rings. The lowest BCUT2D eigenvalue weighted by Crippen LogP contribution is -2.45. The molecular weight excluding hydrogens is 362 g/mol. The molecule has 2 fully saturated rings. The number of hydrogen-bond donors (Lipinski definition) is 0. The maximum Gasteiger partial charge on any atom is 0.230 e. The smallest absolute Gasteiger partial charge is 0.230 e. The molecule has 0 N–H and O–H groups in total. The van der Waals surface area contributed by atoms with Crippen LogP contribution in [0.1, 0.15) is 18.5 Å². The number of carboxylic acid groups (broad SMARTS) is 1. The molecule has 4 rings (SSSR count). The largest absolute Gasteiger partial charge is 0.550 e. The summed E-state index contributed by atoms with van der Waals surface area (Å²) >= 11 is 3.40.